The largest absolute Gasteiger partial charge is 0.497 e. The lowest BCUT2D eigenvalue weighted by molar-refractivity contribution is 0.308. The summed E-state index contributed by atoms with van der Waals surface area (Å²) in [6.45, 7) is 4.62. The Hall–Kier alpha value is -1.96. The molecule has 2 atom stereocenters. The third kappa shape index (κ3) is 5.02. The average Bonchev–Trinajstić information content (AvgIpc) is 2.65. The topological polar surface area (TPSA) is 18.5 Å². The maximum atomic E-state index is 5.26. The predicted octanol–water partition coefficient (Wildman–Crippen LogP) is 5.54. The second-order valence-electron chi connectivity index (χ2n) is 6.44. The minimum atomic E-state index is 0.700. The van der Waals surface area contributed by atoms with Crippen LogP contribution in [0.1, 0.15) is 37.8 Å². The van der Waals surface area contributed by atoms with Gasteiger partial charge < -0.3 is 9.47 Å². The molecule has 0 aromatic heterocycles. The maximum Gasteiger partial charge on any atom is 0.118 e. The molecule has 2 rings (SSSR count). The molecule has 0 fully saturated rings. The Balaban J connectivity index is 2.04. The van der Waals surface area contributed by atoms with Crippen molar-refractivity contribution in [3.8, 4) is 11.5 Å². The fourth-order valence-electron chi connectivity index (χ4n) is 3.42. The van der Waals surface area contributed by atoms with Gasteiger partial charge in [-0.05, 0) is 60.1 Å². The number of rotatable bonds is 9. The fourth-order valence-corrected chi connectivity index (χ4v) is 3.42. The molecule has 2 heteroatoms. The van der Waals surface area contributed by atoms with Crippen LogP contribution in [0, 0.1) is 11.8 Å². The Bertz CT molecular complexity index is 531. The maximum absolute atomic E-state index is 5.26. The van der Waals surface area contributed by atoms with Gasteiger partial charge >= 0.3 is 0 Å². The van der Waals surface area contributed by atoms with E-state index in [-0.39, 0.29) is 0 Å². The van der Waals surface area contributed by atoms with Crippen LogP contribution in [0.4, 0.5) is 0 Å². The number of benzene rings is 2. The third-order valence-corrected chi connectivity index (χ3v) is 5.03. The molecule has 2 aromatic carbocycles. The zero-order chi connectivity index (χ0) is 17.4. The van der Waals surface area contributed by atoms with Crippen molar-refractivity contribution in [2.75, 3.05) is 14.2 Å². The highest BCUT2D eigenvalue weighted by Gasteiger charge is 2.19. The van der Waals surface area contributed by atoms with Gasteiger partial charge in [0.25, 0.3) is 0 Å². The molecule has 0 aliphatic carbocycles. The summed E-state index contributed by atoms with van der Waals surface area (Å²) in [5.41, 5.74) is 2.80. The molecule has 24 heavy (non-hydrogen) atoms. The second kappa shape index (κ2) is 9.36. The van der Waals surface area contributed by atoms with Crippen LogP contribution in [0.5, 0.6) is 11.5 Å². The standard InChI is InChI=1S/C22H30O2/c1-5-19(15-17-7-11-21(23-3)12-8-17)20(6-2)16-18-9-13-22(24-4)14-10-18/h7-14,19-20H,5-6,15-16H2,1-4H3. The third-order valence-electron chi connectivity index (χ3n) is 5.03. The van der Waals surface area contributed by atoms with E-state index in [1.165, 1.54) is 24.0 Å². The first-order valence-electron chi connectivity index (χ1n) is 8.96. The van der Waals surface area contributed by atoms with Crippen molar-refractivity contribution in [2.45, 2.75) is 39.5 Å². The Morgan fingerprint density at radius 2 is 0.958 bits per heavy atom. The zero-order valence-electron chi connectivity index (χ0n) is 15.4. The molecule has 2 unspecified atom stereocenters. The van der Waals surface area contributed by atoms with Crippen LogP contribution in [-0.2, 0) is 12.8 Å². The van der Waals surface area contributed by atoms with Crippen molar-refractivity contribution in [1.29, 1.82) is 0 Å². The highest BCUT2D eigenvalue weighted by atomic mass is 16.5. The van der Waals surface area contributed by atoms with E-state index in [1.54, 1.807) is 14.2 Å². The summed E-state index contributed by atoms with van der Waals surface area (Å²) < 4.78 is 10.5. The monoisotopic (exact) mass is 326 g/mol. The van der Waals surface area contributed by atoms with Crippen LogP contribution in [-0.4, -0.2) is 14.2 Å². The number of hydrogen-bond donors (Lipinski definition) is 0. The van der Waals surface area contributed by atoms with Gasteiger partial charge in [0.15, 0.2) is 0 Å². The Labute approximate surface area is 146 Å². The molecule has 0 N–H and O–H groups in total. The van der Waals surface area contributed by atoms with Gasteiger partial charge in [-0.25, -0.2) is 0 Å². The first-order valence-corrected chi connectivity index (χ1v) is 8.96. The molecule has 0 aliphatic heterocycles. The Kier molecular flexibility index (Phi) is 7.17. The van der Waals surface area contributed by atoms with Crippen LogP contribution in [0.15, 0.2) is 48.5 Å². The molecule has 0 heterocycles. The molecule has 0 saturated carbocycles. The van der Waals surface area contributed by atoms with Crippen LogP contribution >= 0.6 is 0 Å². The van der Waals surface area contributed by atoms with E-state index in [1.807, 2.05) is 0 Å². The van der Waals surface area contributed by atoms with Gasteiger partial charge in [-0.1, -0.05) is 51.0 Å². The van der Waals surface area contributed by atoms with Crippen molar-refractivity contribution in [3.05, 3.63) is 59.7 Å². The summed E-state index contributed by atoms with van der Waals surface area (Å²) in [4.78, 5) is 0. The molecule has 2 aromatic rings. The minimum Gasteiger partial charge on any atom is -0.497 e. The summed E-state index contributed by atoms with van der Waals surface area (Å²) in [6, 6.07) is 17.0. The summed E-state index contributed by atoms with van der Waals surface area (Å²) in [7, 11) is 3.43. The lowest BCUT2D eigenvalue weighted by atomic mass is 9.80. The first-order chi connectivity index (χ1) is 11.7. The summed E-state index contributed by atoms with van der Waals surface area (Å²) >= 11 is 0. The van der Waals surface area contributed by atoms with Crippen molar-refractivity contribution < 1.29 is 9.47 Å². The van der Waals surface area contributed by atoms with E-state index in [2.05, 4.69) is 62.4 Å². The normalized spacial score (nSPS) is 13.3. The Morgan fingerprint density at radius 1 is 0.625 bits per heavy atom. The molecule has 0 amide bonds. The van der Waals surface area contributed by atoms with Crippen molar-refractivity contribution in [3.63, 3.8) is 0 Å². The van der Waals surface area contributed by atoms with Crippen molar-refractivity contribution in [2.24, 2.45) is 11.8 Å². The smallest absolute Gasteiger partial charge is 0.118 e. The van der Waals surface area contributed by atoms with Gasteiger partial charge in [-0.2, -0.15) is 0 Å². The summed E-state index contributed by atoms with van der Waals surface area (Å²) in [6.07, 6.45) is 4.69. The van der Waals surface area contributed by atoms with Gasteiger partial charge in [0, 0.05) is 0 Å². The minimum absolute atomic E-state index is 0.700. The fraction of sp³-hybridized carbons (Fsp3) is 0.455. The van der Waals surface area contributed by atoms with Crippen molar-refractivity contribution in [1.82, 2.24) is 0 Å². The van der Waals surface area contributed by atoms with Crippen molar-refractivity contribution >= 4 is 0 Å². The molecule has 2 nitrogen and oxygen atoms in total. The van der Waals surface area contributed by atoms with Gasteiger partial charge in [0.2, 0.25) is 0 Å². The number of methoxy groups -OCH3 is 2. The highest BCUT2D eigenvalue weighted by Crippen LogP contribution is 2.28. The van der Waals surface area contributed by atoms with Gasteiger partial charge in [-0.15, -0.1) is 0 Å². The SMILES string of the molecule is CCC(Cc1ccc(OC)cc1)C(CC)Cc1ccc(OC)cc1. The zero-order valence-corrected chi connectivity index (χ0v) is 15.4. The van der Waals surface area contributed by atoms with E-state index in [9.17, 15) is 0 Å². The van der Waals surface area contributed by atoms with E-state index < -0.39 is 0 Å². The summed E-state index contributed by atoms with van der Waals surface area (Å²) in [5, 5.41) is 0. The molecule has 0 radical (unpaired) electrons. The van der Waals surface area contributed by atoms with E-state index in [0.29, 0.717) is 11.8 Å². The van der Waals surface area contributed by atoms with E-state index in [4.69, 9.17) is 9.47 Å². The second-order valence-corrected chi connectivity index (χ2v) is 6.44. The van der Waals surface area contributed by atoms with Gasteiger partial charge in [0.05, 0.1) is 14.2 Å². The lowest BCUT2D eigenvalue weighted by Gasteiger charge is -2.26. The van der Waals surface area contributed by atoms with Crippen LogP contribution in [0.2, 0.25) is 0 Å². The molecule has 130 valence electrons. The summed E-state index contributed by atoms with van der Waals surface area (Å²) in [5.74, 6) is 3.25. The molecule has 0 saturated heterocycles. The number of hydrogen-bond acceptors (Lipinski definition) is 2. The molecular formula is C22H30O2. The Morgan fingerprint density at radius 3 is 1.21 bits per heavy atom. The van der Waals surface area contributed by atoms with Gasteiger partial charge in [-0.3, -0.25) is 0 Å². The molecule has 0 bridgehead atoms. The van der Waals surface area contributed by atoms with Crippen LogP contribution < -0.4 is 9.47 Å². The first kappa shape index (κ1) is 18.4. The van der Waals surface area contributed by atoms with Crippen LogP contribution in [0.25, 0.3) is 0 Å². The van der Waals surface area contributed by atoms with Gasteiger partial charge in [0.1, 0.15) is 11.5 Å². The molecule has 0 spiro atoms. The highest BCUT2D eigenvalue weighted by molar-refractivity contribution is 5.28. The van der Waals surface area contributed by atoms with Crippen LogP contribution in [0.3, 0.4) is 0 Å². The quantitative estimate of drug-likeness (QED) is 0.602. The lowest BCUT2D eigenvalue weighted by Crippen LogP contribution is -2.18. The van der Waals surface area contributed by atoms with E-state index in [0.717, 1.165) is 24.3 Å². The average molecular weight is 326 g/mol. The number of ether oxygens (including phenoxy) is 2. The molecular weight excluding hydrogens is 296 g/mol. The van der Waals surface area contributed by atoms with E-state index >= 15 is 0 Å². The molecule has 0 aliphatic rings. The predicted molar refractivity (Wildman–Crippen MR) is 101 cm³/mol.